The summed E-state index contributed by atoms with van der Waals surface area (Å²) in [5, 5.41) is 115. The topological polar surface area (TPSA) is 295 Å². The molecule has 8 rings (SSSR count). The molecule has 3 saturated heterocycles. The van der Waals surface area contributed by atoms with Crippen molar-refractivity contribution < 1.29 is 89.4 Å². The predicted molar refractivity (Wildman–Crippen MR) is 230 cm³/mol. The number of rotatable bonds is 9. The minimum atomic E-state index is -1.77. The van der Waals surface area contributed by atoms with E-state index in [-0.39, 0.29) is 39.4 Å². The van der Waals surface area contributed by atoms with E-state index in [1.54, 1.807) is 0 Å². The Morgan fingerprint density at radius 3 is 1.77 bits per heavy atom. The maximum atomic E-state index is 14.7. The molecule has 7 fully saturated rings. The fraction of sp³-hybridized carbons (Fsp3) is 0.938. The van der Waals surface area contributed by atoms with E-state index in [1.807, 2.05) is 0 Å². The van der Waals surface area contributed by atoms with E-state index in [2.05, 4.69) is 54.5 Å². The number of carbonyl (C=O) groups is 1. The van der Waals surface area contributed by atoms with Crippen molar-refractivity contribution in [3.05, 3.63) is 11.6 Å². The van der Waals surface area contributed by atoms with Crippen LogP contribution in [0.15, 0.2) is 11.6 Å². The number of aliphatic hydroxyl groups excluding tert-OH is 11. The van der Waals surface area contributed by atoms with Crippen LogP contribution in [0.25, 0.3) is 0 Å². The van der Waals surface area contributed by atoms with Crippen molar-refractivity contribution in [3.63, 3.8) is 0 Å². The Kier molecular flexibility index (Phi) is 13.9. The maximum absolute atomic E-state index is 14.7. The summed E-state index contributed by atoms with van der Waals surface area (Å²) in [4.78, 5) is 14.7. The van der Waals surface area contributed by atoms with Crippen LogP contribution in [0.4, 0.5) is 0 Å². The van der Waals surface area contributed by atoms with E-state index in [1.165, 1.54) is 5.57 Å². The first-order valence-corrected chi connectivity index (χ1v) is 24.3. The summed E-state index contributed by atoms with van der Waals surface area (Å²) in [7, 11) is 0. The molecule has 0 radical (unpaired) electrons. The highest BCUT2D eigenvalue weighted by atomic mass is 16.7. The van der Waals surface area contributed by atoms with Crippen LogP contribution in [0.2, 0.25) is 0 Å². The van der Waals surface area contributed by atoms with Gasteiger partial charge in [0.25, 0.3) is 0 Å². The number of ether oxygens (including phenoxy) is 6. The lowest BCUT2D eigenvalue weighted by molar-refractivity contribution is -0.368. The first-order valence-electron chi connectivity index (χ1n) is 24.3. The van der Waals surface area contributed by atoms with Crippen LogP contribution in [0.5, 0.6) is 0 Å². The lowest BCUT2D eigenvalue weighted by Crippen LogP contribution is -2.67. The molecule has 0 aromatic carbocycles. The zero-order chi connectivity index (χ0) is 48.3. The highest BCUT2D eigenvalue weighted by Crippen LogP contribution is 2.76. The largest absolute Gasteiger partial charge is 0.432 e. The van der Waals surface area contributed by atoms with Crippen LogP contribution in [0.3, 0.4) is 0 Å². The fourth-order valence-electron chi connectivity index (χ4n) is 15.0. The number of fused-ring (bicyclic) bond motifs is 7. The van der Waals surface area contributed by atoms with Crippen molar-refractivity contribution in [2.24, 2.45) is 50.2 Å². The van der Waals surface area contributed by atoms with E-state index in [0.29, 0.717) is 19.3 Å². The lowest BCUT2D eigenvalue weighted by Gasteiger charge is -2.71. The van der Waals surface area contributed by atoms with Crippen molar-refractivity contribution in [2.45, 2.75) is 211 Å². The molecule has 18 nitrogen and oxygen atoms in total. The van der Waals surface area contributed by atoms with E-state index in [4.69, 9.17) is 28.4 Å². The van der Waals surface area contributed by atoms with E-state index in [9.17, 15) is 61.0 Å². The van der Waals surface area contributed by atoms with Crippen LogP contribution in [0.1, 0.15) is 113 Å². The summed E-state index contributed by atoms with van der Waals surface area (Å²) in [6, 6.07) is 0. The number of aliphatic hydroxyl groups is 11. The Labute approximate surface area is 387 Å². The van der Waals surface area contributed by atoms with Gasteiger partial charge in [-0.15, -0.1) is 0 Å². The fourth-order valence-corrected chi connectivity index (χ4v) is 15.0. The smallest absolute Gasteiger partial charge is 0.315 e. The number of carbonyl (C=O) groups excluding carboxylic acids is 1. The molecule has 0 aromatic heterocycles. The number of allylic oxidation sites excluding steroid dienone is 2. The van der Waals surface area contributed by atoms with Crippen molar-refractivity contribution in [1.29, 1.82) is 0 Å². The normalized spacial score (nSPS) is 53.3. The molecular formula is C48H78O18. The SMILES string of the molecule is CC1(C)CC[C@]2(C(=O)O[C@@H]3O[C@H](CO)[C@@H](O)[C@H](O)[C@H]3O)CC[C@]3(C)C(=CC[C@@H]4[C@@]5(C)CC[C@@H](O[C@@H]6O[C@H](CO)[C@@H](O[C@@H]7O[C@H](CO)[C@H](O)[C@H](O)[C@H]7O)[C@H](O)[C@H]6O)C(C)(C)[C@@H]5CC[C@]43C)[C@@H]2C1. The third kappa shape index (κ3) is 7.87. The van der Waals surface area contributed by atoms with Gasteiger partial charge >= 0.3 is 5.97 Å². The average Bonchev–Trinajstić information content (AvgIpc) is 3.27. The lowest BCUT2D eigenvalue weighted by atomic mass is 9.33. The van der Waals surface area contributed by atoms with Crippen molar-refractivity contribution >= 4 is 5.97 Å². The molecule has 0 unspecified atom stereocenters. The molecule has 5 aliphatic carbocycles. The molecule has 18 heteroatoms. The van der Waals surface area contributed by atoms with Gasteiger partial charge in [0, 0.05) is 0 Å². The van der Waals surface area contributed by atoms with Crippen LogP contribution < -0.4 is 0 Å². The molecule has 0 amide bonds. The van der Waals surface area contributed by atoms with Gasteiger partial charge in [0.05, 0.1) is 31.3 Å². The molecule has 4 saturated carbocycles. The first kappa shape index (κ1) is 50.9. The highest BCUT2D eigenvalue weighted by molar-refractivity contribution is 5.79. The minimum absolute atomic E-state index is 0.0540. The Morgan fingerprint density at radius 2 is 1.15 bits per heavy atom. The molecule has 23 atom stereocenters. The maximum Gasteiger partial charge on any atom is 0.315 e. The van der Waals surface area contributed by atoms with Crippen LogP contribution >= 0.6 is 0 Å². The minimum Gasteiger partial charge on any atom is -0.432 e. The van der Waals surface area contributed by atoms with Gasteiger partial charge in [0.15, 0.2) is 12.6 Å². The second-order valence-corrected chi connectivity index (χ2v) is 23.5. The van der Waals surface area contributed by atoms with Gasteiger partial charge in [0.1, 0.15) is 73.2 Å². The molecule has 11 N–H and O–H groups in total. The quantitative estimate of drug-likeness (QED) is 0.0833. The molecule has 8 aliphatic rings. The molecule has 66 heavy (non-hydrogen) atoms. The zero-order valence-electron chi connectivity index (χ0n) is 39.5. The predicted octanol–water partition coefficient (Wildman–Crippen LogP) is 0.141. The van der Waals surface area contributed by atoms with Crippen LogP contribution in [-0.4, -0.2) is 180 Å². The van der Waals surface area contributed by atoms with Gasteiger partial charge < -0.3 is 84.6 Å². The third-order valence-electron chi connectivity index (χ3n) is 19.3. The molecule has 3 aliphatic heterocycles. The summed E-state index contributed by atoms with van der Waals surface area (Å²) < 4.78 is 35.6. The van der Waals surface area contributed by atoms with Crippen molar-refractivity contribution in [3.8, 4) is 0 Å². The standard InChI is InChI=1S/C48H78O18/c1-43(2)14-16-48(42(60)66-41-36(58)33(55)31(53)25(20-50)62-41)17-15-46(6)22(23(48)18-43)8-9-28-45(5)12-11-29(44(3,4)27(45)10-13-47(28,46)7)64-39-37(59)34(56)38(26(21-51)63-39)65-40-35(57)32(54)30(52)24(19-49)61-40/h8,23-41,49-59H,9-21H2,1-7H3/t23-,24+,25+,26+,27-,28+,29+,30-,31+,32-,33-,34+,35+,36+,37+,38+,39-,40-,41-,45-,46+,47+,48-/m0/s1. The van der Waals surface area contributed by atoms with Gasteiger partial charge in [-0.25, -0.2) is 0 Å². The number of hydrogen-bond donors (Lipinski definition) is 11. The van der Waals surface area contributed by atoms with Gasteiger partial charge in [0.2, 0.25) is 6.29 Å². The molecule has 0 bridgehead atoms. The molecule has 0 spiro atoms. The Hall–Kier alpha value is -1.43. The van der Waals surface area contributed by atoms with Gasteiger partial charge in [-0.1, -0.05) is 60.1 Å². The monoisotopic (exact) mass is 943 g/mol. The van der Waals surface area contributed by atoms with Gasteiger partial charge in [-0.05, 0) is 109 Å². The summed E-state index contributed by atoms with van der Waals surface area (Å²) in [5.41, 5.74) is -0.613. The summed E-state index contributed by atoms with van der Waals surface area (Å²) in [6.07, 6.45) is -13.5. The second kappa shape index (κ2) is 18.0. The average molecular weight is 943 g/mol. The molecule has 378 valence electrons. The zero-order valence-corrected chi connectivity index (χ0v) is 39.5. The second-order valence-electron chi connectivity index (χ2n) is 23.5. The highest BCUT2D eigenvalue weighted by Gasteiger charge is 2.70. The summed E-state index contributed by atoms with van der Waals surface area (Å²) >= 11 is 0. The molecule has 3 heterocycles. The van der Waals surface area contributed by atoms with Crippen LogP contribution in [-0.2, 0) is 33.2 Å². The third-order valence-corrected chi connectivity index (χ3v) is 19.3. The van der Waals surface area contributed by atoms with E-state index >= 15 is 0 Å². The number of hydrogen-bond acceptors (Lipinski definition) is 18. The van der Waals surface area contributed by atoms with Gasteiger partial charge in [-0.2, -0.15) is 0 Å². The molecule has 0 aromatic rings. The first-order chi connectivity index (χ1) is 30.9. The Balaban J connectivity index is 0.998. The number of esters is 1. The summed E-state index contributed by atoms with van der Waals surface area (Å²) in [6.45, 7) is 14.1. The Morgan fingerprint density at radius 1 is 0.606 bits per heavy atom. The van der Waals surface area contributed by atoms with E-state index in [0.717, 1.165) is 44.9 Å². The molecular weight excluding hydrogens is 865 g/mol. The van der Waals surface area contributed by atoms with Crippen LogP contribution in [0, 0.1) is 50.2 Å². The van der Waals surface area contributed by atoms with Crippen molar-refractivity contribution in [1.82, 2.24) is 0 Å². The van der Waals surface area contributed by atoms with Gasteiger partial charge in [-0.3, -0.25) is 4.79 Å². The summed E-state index contributed by atoms with van der Waals surface area (Å²) in [5.74, 6) is -0.157. The van der Waals surface area contributed by atoms with E-state index < -0.39 is 135 Å². The Bertz CT molecular complexity index is 1790. The van der Waals surface area contributed by atoms with Crippen molar-refractivity contribution in [2.75, 3.05) is 19.8 Å².